The molecule has 0 radical (unpaired) electrons. The van der Waals surface area contributed by atoms with E-state index in [0.717, 1.165) is 13.2 Å². The summed E-state index contributed by atoms with van der Waals surface area (Å²) in [6.07, 6.45) is -5.70. The topological polar surface area (TPSA) is 46.5 Å². The van der Waals surface area contributed by atoms with Gasteiger partial charge in [-0.15, -0.1) is 0 Å². The summed E-state index contributed by atoms with van der Waals surface area (Å²) >= 11 is 0. The number of aliphatic hydroxyl groups excluding tert-OH is 1. The van der Waals surface area contributed by atoms with Gasteiger partial charge in [-0.05, 0) is 30.5 Å². The maximum atomic E-state index is 13.0. The normalized spacial score (nSPS) is 13.2. The number of benzene rings is 1. The second kappa shape index (κ2) is 5.61. The summed E-state index contributed by atoms with van der Waals surface area (Å²) in [6, 6.07) is 1.92. The van der Waals surface area contributed by atoms with E-state index in [-0.39, 0.29) is 17.5 Å². The van der Waals surface area contributed by atoms with E-state index < -0.39 is 23.8 Å². The zero-order valence-electron chi connectivity index (χ0n) is 10.8. The lowest BCUT2D eigenvalue weighted by molar-refractivity contribution is -0.139. The number of hydrogen-bond donors (Lipinski definition) is 1. The van der Waals surface area contributed by atoms with Crippen molar-refractivity contribution in [3.63, 3.8) is 0 Å². The van der Waals surface area contributed by atoms with Crippen LogP contribution in [0.15, 0.2) is 12.1 Å². The van der Waals surface area contributed by atoms with Crippen LogP contribution >= 0.6 is 0 Å². The van der Waals surface area contributed by atoms with E-state index in [0.29, 0.717) is 5.56 Å². The van der Waals surface area contributed by atoms with Crippen LogP contribution in [0.2, 0.25) is 0 Å². The highest BCUT2D eigenvalue weighted by molar-refractivity contribution is 5.91. The SMILES string of the molecule is CCC(O)c1cc(C)c(C(=O)OC)cc1C(F)(F)F. The zero-order valence-corrected chi connectivity index (χ0v) is 10.8. The van der Waals surface area contributed by atoms with Crippen molar-refractivity contribution in [2.45, 2.75) is 32.5 Å². The van der Waals surface area contributed by atoms with E-state index >= 15 is 0 Å². The third-order valence-corrected chi connectivity index (χ3v) is 2.85. The number of alkyl halides is 3. The zero-order chi connectivity index (χ0) is 14.8. The van der Waals surface area contributed by atoms with Crippen LogP contribution < -0.4 is 0 Å². The molecule has 1 aromatic rings. The van der Waals surface area contributed by atoms with Gasteiger partial charge in [0.05, 0.1) is 24.3 Å². The summed E-state index contributed by atoms with van der Waals surface area (Å²) in [5.41, 5.74) is -1.04. The Morgan fingerprint density at radius 3 is 2.42 bits per heavy atom. The van der Waals surface area contributed by atoms with Gasteiger partial charge in [0.2, 0.25) is 0 Å². The molecule has 1 unspecified atom stereocenters. The molecule has 0 fully saturated rings. The Hall–Kier alpha value is -1.56. The maximum absolute atomic E-state index is 13.0. The first kappa shape index (κ1) is 15.5. The van der Waals surface area contributed by atoms with E-state index in [1.807, 2.05) is 0 Å². The summed E-state index contributed by atoms with van der Waals surface area (Å²) in [5, 5.41) is 9.67. The summed E-state index contributed by atoms with van der Waals surface area (Å²) in [4.78, 5) is 11.4. The molecule has 19 heavy (non-hydrogen) atoms. The molecule has 1 atom stereocenters. The lowest BCUT2D eigenvalue weighted by atomic mass is 9.94. The van der Waals surface area contributed by atoms with Gasteiger partial charge in [-0.3, -0.25) is 0 Å². The fourth-order valence-corrected chi connectivity index (χ4v) is 1.80. The van der Waals surface area contributed by atoms with Crippen molar-refractivity contribution in [2.24, 2.45) is 0 Å². The third-order valence-electron chi connectivity index (χ3n) is 2.85. The number of carbonyl (C=O) groups excluding carboxylic acids is 1. The van der Waals surface area contributed by atoms with Crippen molar-refractivity contribution >= 4 is 5.97 Å². The van der Waals surface area contributed by atoms with Gasteiger partial charge in [0.25, 0.3) is 0 Å². The summed E-state index contributed by atoms with van der Waals surface area (Å²) in [5.74, 6) is -0.833. The molecule has 0 saturated carbocycles. The Bertz CT molecular complexity index is 481. The van der Waals surface area contributed by atoms with Crippen LogP contribution in [0.4, 0.5) is 13.2 Å². The molecule has 0 aromatic heterocycles. The lowest BCUT2D eigenvalue weighted by Gasteiger charge is -2.19. The Kier molecular flexibility index (Phi) is 4.57. The fourth-order valence-electron chi connectivity index (χ4n) is 1.80. The number of aryl methyl sites for hydroxylation is 1. The van der Waals surface area contributed by atoms with Crippen LogP contribution in [0.5, 0.6) is 0 Å². The Balaban J connectivity index is 3.50. The second-order valence-corrected chi connectivity index (χ2v) is 4.17. The number of rotatable bonds is 3. The molecule has 106 valence electrons. The monoisotopic (exact) mass is 276 g/mol. The summed E-state index contributed by atoms with van der Waals surface area (Å²) in [7, 11) is 1.10. The first-order valence-corrected chi connectivity index (χ1v) is 5.70. The number of aliphatic hydroxyl groups is 1. The van der Waals surface area contributed by atoms with Crippen molar-refractivity contribution in [1.29, 1.82) is 0 Å². The quantitative estimate of drug-likeness (QED) is 0.862. The maximum Gasteiger partial charge on any atom is 0.416 e. The van der Waals surface area contributed by atoms with Crippen molar-refractivity contribution in [3.05, 3.63) is 34.4 Å². The Labute approximate surface area is 109 Å². The Morgan fingerprint density at radius 1 is 1.42 bits per heavy atom. The fraction of sp³-hybridized carbons (Fsp3) is 0.462. The average molecular weight is 276 g/mol. The van der Waals surface area contributed by atoms with E-state index in [1.54, 1.807) is 6.92 Å². The van der Waals surface area contributed by atoms with Crippen molar-refractivity contribution in [1.82, 2.24) is 0 Å². The highest BCUT2D eigenvalue weighted by atomic mass is 19.4. The molecule has 0 aliphatic heterocycles. The van der Waals surface area contributed by atoms with E-state index in [4.69, 9.17) is 0 Å². The molecular weight excluding hydrogens is 261 g/mol. The van der Waals surface area contributed by atoms with Crippen LogP contribution in [0.25, 0.3) is 0 Å². The van der Waals surface area contributed by atoms with Crippen molar-refractivity contribution < 1.29 is 27.8 Å². The van der Waals surface area contributed by atoms with E-state index in [1.165, 1.54) is 13.0 Å². The molecule has 1 N–H and O–H groups in total. The molecule has 0 bridgehead atoms. The average Bonchev–Trinajstić information content (AvgIpc) is 2.35. The van der Waals surface area contributed by atoms with Crippen LogP contribution in [-0.2, 0) is 10.9 Å². The van der Waals surface area contributed by atoms with Gasteiger partial charge in [-0.25, -0.2) is 4.79 Å². The van der Waals surface area contributed by atoms with Gasteiger partial charge in [-0.2, -0.15) is 13.2 Å². The first-order chi connectivity index (χ1) is 8.72. The first-order valence-electron chi connectivity index (χ1n) is 5.70. The molecule has 1 aromatic carbocycles. The van der Waals surface area contributed by atoms with Gasteiger partial charge in [0.1, 0.15) is 0 Å². The summed E-state index contributed by atoms with van der Waals surface area (Å²) in [6.45, 7) is 3.08. The van der Waals surface area contributed by atoms with Gasteiger partial charge in [0.15, 0.2) is 0 Å². The van der Waals surface area contributed by atoms with Gasteiger partial charge >= 0.3 is 12.1 Å². The van der Waals surface area contributed by atoms with Gasteiger partial charge in [-0.1, -0.05) is 13.0 Å². The number of carbonyl (C=O) groups is 1. The van der Waals surface area contributed by atoms with Crippen LogP contribution in [-0.4, -0.2) is 18.2 Å². The molecule has 0 saturated heterocycles. The molecular formula is C13H15F3O3. The predicted molar refractivity (Wildman–Crippen MR) is 62.8 cm³/mol. The lowest BCUT2D eigenvalue weighted by Crippen LogP contribution is -2.15. The highest BCUT2D eigenvalue weighted by Crippen LogP contribution is 2.37. The smallest absolute Gasteiger partial charge is 0.416 e. The minimum atomic E-state index is -4.64. The second-order valence-electron chi connectivity index (χ2n) is 4.17. The molecule has 0 heterocycles. The predicted octanol–water partition coefficient (Wildman–Crippen LogP) is 3.24. The molecule has 1 rings (SSSR count). The number of halogens is 3. The standard InChI is InChI=1S/C13H15F3O3/c1-4-11(17)9-5-7(2)8(12(18)19-3)6-10(9)13(14,15)16/h5-6,11,17H,4H2,1-3H3. The molecule has 3 nitrogen and oxygen atoms in total. The van der Waals surface area contributed by atoms with Gasteiger partial charge in [0, 0.05) is 0 Å². The molecule has 0 aliphatic rings. The van der Waals surface area contributed by atoms with E-state index in [9.17, 15) is 23.1 Å². The van der Waals surface area contributed by atoms with Crippen LogP contribution in [0.1, 0.15) is 46.5 Å². The molecule has 0 spiro atoms. The van der Waals surface area contributed by atoms with Crippen LogP contribution in [0.3, 0.4) is 0 Å². The summed E-state index contributed by atoms with van der Waals surface area (Å²) < 4.78 is 43.3. The minimum absolute atomic E-state index is 0.151. The van der Waals surface area contributed by atoms with Crippen molar-refractivity contribution in [3.8, 4) is 0 Å². The van der Waals surface area contributed by atoms with Gasteiger partial charge < -0.3 is 9.84 Å². The number of ether oxygens (including phenoxy) is 1. The number of methoxy groups -OCH3 is 1. The highest BCUT2D eigenvalue weighted by Gasteiger charge is 2.36. The molecule has 0 amide bonds. The van der Waals surface area contributed by atoms with Crippen molar-refractivity contribution in [2.75, 3.05) is 7.11 Å². The third kappa shape index (κ3) is 3.26. The molecule has 0 aliphatic carbocycles. The molecule has 6 heteroatoms. The number of hydrogen-bond acceptors (Lipinski definition) is 3. The number of esters is 1. The Morgan fingerprint density at radius 2 is 2.00 bits per heavy atom. The van der Waals surface area contributed by atoms with Crippen LogP contribution in [0, 0.1) is 6.92 Å². The largest absolute Gasteiger partial charge is 0.465 e. The minimum Gasteiger partial charge on any atom is -0.465 e. The van der Waals surface area contributed by atoms with E-state index in [2.05, 4.69) is 4.74 Å².